The van der Waals surface area contributed by atoms with Crippen LogP contribution in [0.1, 0.15) is 28.5 Å². The van der Waals surface area contributed by atoms with Crippen LogP contribution in [-0.2, 0) is 11.3 Å². The van der Waals surface area contributed by atoms with Crippen LogP contribution in [0, 0.1) is 13.8 Å². The van der Waals surface area contributed by atoms with Crippen molar-refractivity contribution in [3.05, 3.63) is 59.4 Å². The molecule has 2 aromatic rings. The average Bonchev–Trinajstić information content (AvgIpc) is 2.44. The van der Waals surface area contributed by atoms with Crippen LogP contribution in [0.3, 0.4) is 0 Å². The summed E-state index contributed by atoms with van der Waals surface area (Å²) in [6.45, 7) is 5.79. The van der Waals surface area contributed by atoms with E-state index < -0.39 is 0 Å². The number of aryl methyl sites for hydroxylation is 1. The molecule has 0 fully saturated rings. The number of Topliss-reactive ketones (excluding diaryl/α,β-unsaturated/α-hetero) is 1. The molecule has 1 aromatic carbocycles. The van der Waals surface area contributed by atoms with E-state index in [9.17, 15) is 9.59 Å². The largest absolute Gasteiger partial charge is 0.321 e. The highest BCUT2D eigenvalue weighted by atomic mass is 16.2. The summed E-state index contributed by atoms with van der Waals surface area (Å²) >= 11 is 0. The summed E-state index contributed by atoms with van der Waals surface area (Å²) < 4.78 is 1.91. The molecule has 21 heavy (non-hydrogen) atoms. The predicted molar refractivity (Wildman–Crippen MR) is 81.2 cm³/mol. The van der Waals surface area contributed by atoms with Crippen LogP contribution in [0.4, 0.5) is 5.69 Å². The average molecular weight is 283 g/mol. The monoisotopic (exact) mass is 283 g/mol. The molecule has 0 bridgehead atoms. The van der Waals surface area contributed by atoms with Gasteiger partial charge in [0.1, 0.15) is 0 Å². The zero-order valence-electron chi connectivity index (χ0n) is 12.5. The first-order valence-electron chi connectivity index (χ1n) is 6.84. The lowest BCUT2D eigenvalue weighted by Gasteiger charge is -2.05. The molecule has 0 saturated carbocycles. The lowest BCUT2D eigenvalue weighted by molar-refractivity contribution is -0.690. The highest BCUT2D eigenvalue weighted by Crippen LogP contribution is 2.10. The van der Waals surface area contributed by atoms with Gasteiger partial charge in [0.2, 0.25) is 6.54 Å². The standard InChI is InChI=1S/C17H18N2O2/c1-12-5-4-10-19(13(12)2)11-17(21)18-16-8-6-15(7-9-16)14(3)20/h4-10H,11H2,1-3H3/p+1. The minimum atomic E-state index is -0.0933. The summed E-state index contributed by atoms with van der Waals surface area (Å²) in [7, 11) is 0. The van der Waals surface area contributed by atoms with Crippen molar-refractivity contribution in [3.8, 4) is 0 Å². The number of carbonyl (C=O) groups is 2. The highest BCUT2D eigenvalue weighted by molar-refractivity contribution is 5.95. The number of ketones is 1. The van der Waals surface area contributed by atoms with Crippen molar-refractivity contribution in [3.63, 3.8) is 0 Å². The number of carbonyl (C=O) groups excluding carboxylic acids is 2. The fourth-order valence-corrected chi connectivity index (χ4v) is 2.06. The first kappa shape index (κ1) is 14.9. The second-order valence-electron chi connectivity index (χ2n) is 5.09. The molecule has 0 spiro atoms. The van der Waals surface area contributed by atoms with E-state index in [2.05, 4.69) is 5.32 Å². The van der Waals surface area contributed by atoms with E-state index in [-0.39, 0.29) is 18.2 Å². The number of hydrogen-bond donors (Lipinski definition) is 1. The van der Waals surface area contributed by atoms with Gasteiger partial charge < -0.3 is 5.32 Å². The molecular formula is C17H19N2O2+. The Bertz CT molecular complexity index is 676. The quantitative estimate of drug-likeness (QED) is 0.692. The van der Waals surface area contributed by atoms with Crippen LogP contribution < -0.4 is 9.88 Å². The predicted octanol–water partition coefficient (Wildman–Crippen LogP) is 2.43. The number of benzene rings is 1. The minimum absolute atomic E-state index is 0.0128. The Balaban J connectivity index is 2.04. The van der Waals surface area contributed by atoms with E-state index in [0.29, 0.717) is 11.3 Å². The number of nitrogens with zero attached hydrogens (tertiary/aromatic N) is 1. The second kappa shape index (κ2) is 6.31. The SMILES string of the molecule is CC(=O)c1ccc(NC(=O)C[n+]2cccc(C)c2C)cc1. The molecule has 0 unspecified atom stereocenters. The number of aromatic nitrogens is 1. The Hall–Kier alpha value is -2.49. The lowest BCUT2D eigenvalue weighted by atomic mass is 10.1. The van der Waals surface area contributed by atoms with Gasteiger partial charge in [-0.15, -0.1) is 0 Å². The van der Waals surface area contributed by atoms with E-state index in [1.165, 1.54) is 6.92 Å². The van der Waals surface area contributed by atoms with Gasteiger partial charge in [0.15, 0.2) is 17.7 Å². The van der Waals surface area contributed by atoms with Crippen molar-refractivity contribution in [2.24, 2.45) is 0 Å². The Kier molecular flexibility index (Phi) is 4.48. The zero-order chi connectivity index (χ0) is 15.4. The lowest BCUT2D eigenvalue weighted by Crippen LogP contribution is -2.43. The maximum Gasteiger partial charge on any atom is 0.290 e. The molecule has 1 heterocycles. The van der Waals surface area contributed by atoms with E-state index >= 15 is 0 Å². The number of nitrogens with one attached hydrogen (secondary N) is 1. The minimum Gasteiger partial charge on any atom is -0.321 e. The molecule has 0 radical (unpaired) electrons. The maximum absolute atomic E-state index is 12.1. The van der Waals surface area contributed by atoms with Gasteiger partial charge >= 0.3 is 0 Å². The van der Waals surface area contributed by atoms with Gasteiger partial charge in [-0.1, -0.05) is 0 Å². The molecule has 2 rings (SSSR count). The van der Waals surface area contributed by atoms with E-state index in [0.717, 1.165) is 11.3 Å². The molecular weight excluding hydrogens is 264 g/mol. The summed E-state index contributed by atoms with van der Waals surface area (Å²) in [6, 6.07) is 10.8. The summed E-state index contributed by atoms with van der Waals surface area (Å²) in [6.07, 6.45) is 1.89. The molecule has 0 aliphatic heterocycles. The molecule has 0 aliphatic carbocycles. The van der Waals surface area contributed by atoms with Crippen LogP contribution in [0.2, 0.25) is 0 Å². The third-order valence-electron chi connectivity index (χ3n) is 3.50. The van der Waals surface area contributed by atoms with Gasteiger partial charge in [-0.3, -0.25) is 9.59 Å². The van der Waals surface area contributed by atoms with Crippen LogP contribution in [0.25, 0.3) is 0 Å². The van der Waals surface area contributed by atoms with Crippen LogP contribution in [-0.4, -0.2) is 11.7 Å². The molecule has 0 atom stereocenters. The van der Waals surface area contributed by atoms with Gasteiger partial charge in [0.05, 0.1) is 0 Å². The van der Waals surface area contributed by atoms with Crippen molar-refractivity contribution in [1.29, 1.82) is 0 Å². The maximum atomic E-state index is 12.1. The summed E-state index contributed by atoms with van der Waals surface area (Å²) in [5, 5.41) is 2.83. The third-order valence-corrected chi connectivity index (χ3v) is 3.50. The highest BCUT2D eigenvalue weighted by Gasteiger charge is 2.13. The van der Waals surface area contributed by atoms with Gasteiger partial charge in [-0.2, -0.15) is 4.57 Å². The first-order valence-corrected chi connectivity index (χ1v) is 6.84. The van der Waals surface area contributed by atoms with Gasteiger partial charge in [0, 0.05) is 29.8 Å². The second-order valence-corrected chi connectivity index (χ2v) is 5.09. The smallest absolute Gasteiger partial charge is 0.290 e. The molecule has 4 heteroatoms. The summed E-state index contributed by atoms with van der Waals surface area (Å²) in [5.74, 6) is -0.0805. The number of anilines is 1. The van der Waals surface area contributed by atoms with Gasteiger partial charge in [0.25, 0.3) is 5.91 Å². The van der Waals surface area contributed by atoms with Crippen LogP contribution >= 0.6 is 0 Å². The van der Waals surface area contributed by atoms with E-state index in [4.69, 9.17) is 0 Å². The molecule has 1 N–H and O–H groups in total. The summed E-state index contributed by atoms with van der Waals surface area (Å²) in [5.41, 5.74) is 3.54. The zero-order valence-corrected chi connectivity index (χ0v) is 12.5. The van der Waals surface area contributed by atoms with E-state index in [1.54, 1.807) is 24.3 Å². The molecule has 108 valence electrons. The van der Waals surface area contributed by atoms with Gasteiger partial charge in [-0.05, 0) is 44.2 Å². The number of amides is 1. The molecule has 0 saturated heterocycles. The number of pyridine rings is 1. The first-order chi connectivity index (χ1) is 9.97. The Morgan fingerprint density at radius 3 is 2.38 bits per heavy atom. The summed E-state index contributed by atoms with van der Waals surface area (Å²) in [4.78, 5) is 23.3. The van der Waals surface area contributed by atoms with Gasteiger partial charge in [-0.25, -0.2) is 0 Å². The van der Waals surface area contributed by atoms with Crippen LogP contribution in [0.15, 0.2) is 42.6 Å². The topological polar surface area (TPSA) is 50.1 Å². The van der Waals surface area contributed by atoms with E-state index in [1.807, 2.05) is 36.7 Å². The Morgan fingerprint density at radius 2 is 1.76 bits per heavy atom. The van der Waals surface area contributed by atoms with Crippen molar-refractivity contribution in [1.82, 2.24) is 0 Å². The van der Waals surface area contributed by atoms with Crippen molar-refractivity contribution < 1.29 is 14.2 Å². The molecule has 0 aliphatic rings. The normalized spacial score (nSPS) is 10.2. The molecule has 4 nitrogen and oxygen atoms in total. The van der Waals surface area contributed by atoms with Crippen LogP contribution in [0.5, 0.6) is 0 Å². The third kappa shape index (κ3) is 3.75. The molecule has 1 amide bonds. The Labute approximate surface area is 124 Å². The van der Waals surface area contributed by atoms with Crippen molar-refractivity contribution >= 4 is 17.4 Å². The number of hydrogen-bond acceptors (Lipinski definition) is 2. The Morgan fingerprint density at radius 1 is 1.10 bits per heavy atom. The number of rotatable bonds is 4. The molecule has 1 aromatic heterocycles. The fraction of sp³-hybridized carbons (Fsp3) is 0.235. The fourth-order valence-electron chi connectivity index (χ4n) is 2.06. The van der Waals surface area contributed by atoms with Crippen molar-refractivity contribution in [2.45, 2.75) is 27.3 Å². The van der Waals surface area contributed by atoms with Crippen molar-refractivity contribution in [2.75, 3.05) is 5.32 Å².